The second kappa shape index (κ2) is 11.7. The zero-order valence-corrected chi connectivity index (χ0v) is 20.9. The van der Waals surface area contributed by atoms with E-state index in [1.807, 2.05) is 30.3 Å². The highest BCUT2D eigenvalue weighted by Crippen LogP contribution is 2.30. The molecule has 2 amide bonds. The largest absolute Gasteiger partial charge is 0.444 e. The van der Waals surface area contributed by atoms with Crippen LogP contribution < -0.4 is 0 Å². The molecule has 1 aliphatic heterocycles. The summed E-state index contributed by atoms with van der Waals surface area (Å²) in [6, 6.07) is 13.4. The first-order chi connectivity index (χ1) is 16.1. The maximum Gasteiger partial charge on any atom is 0.411 e. The Hall–Kier alpha value is -2.62. The van der Waals surface area contributed by atoms with Gasteiger partial charge in [-0.2, -0.15) is 0 Å². The standard InChI is InChI=1S/C24H28ClN3O5S/c1-24(2,3)33-23(31)27-15-18(28(22(25)30)32-16-17-9-5-4-6-10-17)12-13-19(27)21(29)34-20-11-7-8-14-26-20/h4-11,14,18-19H,12-13,15-16H2,1-3H3/t18-,19+/m1/s1. The molecule has 3 rings (SSSR count). The van der Waals surface area contributed by atoms with E-state index in [9.17, 15) is 14.4 Å². The fourth-order valence-corrected chi connectivity index (χ4v) is 4.54. The summed E-state index contributed by atoms with van der Waals surface area (Å²) in [6.45, 7) is 5.44. The molecule has 0 radical (unpaired) electrons. The summed E-state index contributed by atoms with van der Waals surface area (Å²) in [5.74, 6) is 0. The zero-order valence-electron chi connectivity index (χ0n) is 19.3. The van der Waals surface area contributed by atoms with Crippen LogP contribution in [0, 0.1) is 0 Å². The molecule has 2 aromatic rings. The number of ether oxygens (including phenoxy) is 1. The maximum atomic E-state index is 13.1. The minimum atomic E-state index is -0.794. The Balaban J connectivity index is 1.76. The van der Waals surface area contributed by atoms with Crippen molar-refractivity contribution in [2.45, 2.75) is 62.9 Å². The van der Waals surface area contributed by atoms with Gasteiger partial charge >= 0.3 is 11.5 Å². The topological polar surface area (TPSA) is 89.0 Å². The van der Waals surface area contributed by atoms with Gasteiger partial charge in [0.15, 0.2) is 0 Å². The Morgan fingerprint density at radius 2 is 1.82 bits per heavy atom. The van der Waals surface area contributed by atoms with Crippen molar-refractivity contribution in [2.24, 2.45) is 0 Å². The average Bonchev–Trinajstić information content (AvgIpc) is 2.79. The molecular weight excluding hydrogens is 478 g/mol. The second-order valence-electron chi connectivity index (χ2n) is 8.81. The number of hydrogen-bond donors (Lipinski definition) is 0. The predicted molar refractivity (Wildman–Crippen MR) is 129 cm³/mol. The van der Waals surface area contributed by atoms with E-state index >= 15 is 0 Å². The smallest absolute Gasteiger partial charge is 0.411 e. The fourth-order valence-electron chi connectivity index (χ4n) is 3.51. The van der Waals surface area contributed by atoms with Crippen molar-refractivity contribution in [3.63, 3.8) is 0 Å². The Bertz CT molecular complexity index is 987. The Morgan fingerprint density at radius 3 is 2.44 bits per heavy atom. The number of aromatic nitrogens is 1. The molecule has 1 aromatic heterocycles. The lowest BCUT2D eigenvalue weighted by molar-refractivity contribution is -0.161. The van der Waals surface area contributed by atoms with Crippen LogP contribution in [0.5, 0.6) is 0 Å². The first-order valence-corrected chi connectivity index (χ1v) is 12.1. The van der Waals surface area contributed by atoms with E-state index in [1.165, 1.54) is 4.90 Å². The maximum absolute atomic E-state index is 13.1. The summed E-state index contributed by atoms with van der Waals surface area (Å²) in [7, 11) is 0. The number of pyridine rings is 1. The number of amides is 2. The summed E-state index contributed by atoms with van der Waals surface area (Å²) in [6.07, 6.45) is 1.71. The number of halogens is 1. The number of thioether (sulfide) groups is 1. The van der Waals surface area contributed by atoms with Gasteiger partial charge in [0.05, 0.1) is 6.04 Å². The lowest BCUT2D eigenvalue weighted by Gasteiger charge is -2.41. The lowest BCUT2D eigenvalue weighted by atomic mass is 9.99. The van der Waals surface area contributed by atoms with Gasteiger partial charge in [0, 0.05) is 12.7 Å². The number of piperidine rings is 1. The van der Waals surface area contributed by atoms with Crippen LogP contribution in [0.15, 0.2) is 59.8 Å². The Morgan fingerprint density at radius 1 is 1.12 bits per heavy atom. The van der Waals surface area contributed by atoms with Crippen molar-refractivity contribution >= 4 is 39.9 Å². The fraction of sp³-hybridized carbons (Fsp3) is 0.417. The minimum absolute atomic E-state index is 0.0430. The summed E-state index contributed by atoms with van der Waals surface area (Å²) in [5.41, 5.74) is 0.113. The van der Waals surface area contributed by atoms with Crippen LogP contribution in [0.2, 0.25) is 0 Å². The molecule has 0 N–H and O–H groups in total. The number of likely N-dealkylation sites (tertiary alicyclic amines) is 1. The van der Waals surface area contributed by atoms with Crippen molar-refractivity contribution in [1.29, 1.82) is 0 Å². The average molecular weight is 506 g/mol. The third-order valence-corrected chi connectivity index (χ3v) is 6.11. The van der Waals surface area contributed by atoms with E-state index in [0.29, 0.717) is 17.9 Å². The van der Waals surface area contributed by atoms with E-state index in [2.05, 4.69) is 4.98 Å². The van der Waals surface area contributed by atoms with E-state index in [0.717, 1.165) is 22.4 Å². The van der Waals surface area contributed by atoms with Crippen LogP contribution in [-0.4, -0.2) is 55.8 Å². The number of hydrogen-bond acceptors (Lipinski definition) is 7. The van der Waals surface area contributed by atoms with Gasteiger partial charge in [0.25, 0.3) is 0 Å². The van der Waals surface area contributed by atoms with Crippen molar-refractivity contribution in [1.82, 2.24) is 14.9 Å². The van der Waals surface area contributed by atoms with E-state index < -0.39 is 29.1 Å². The number of nitrogens with zero attached hydrogens (tertiary/aromatic N) is 3. The van der Waals surface area contributed by atoms with Crippen molar-refractivity contribution in [3.05, 3.63) is 60.3 Å². The first-order valence-electron chi connectivity index (χ1n) is 10.9. The second-order valence-corrected chi connectivity index (χ2v) is 10.2. The lowest BCUT2D eigenvalue weighted by Crippen LogP contribution is -2.57. The van der Waals surface area contributed by atoms with Gasteiger partial charge in [0.1, 0.15) is 23.3 Å². The number of rotatable bonds is 6. The summed E-state index contributed by atoms with van der Waals surface area (Å²) >= 11 is 6.81. The van der Waals surface area contributed by atoms with Gasteiger partial charge in [0.2, 0.25) is 5.12 Å². The highest BCUT2D eigenvalue weighted by Gasteiger charge is 2.41. The van der Waals surface area contributed by atoms with E-state index in [-0.39, 0.29) is 18.3 Å². The molecule has 0 saturated carbocycles. The van der Waals surface area contributed by atoms with Crippen LogP contribution >= 0.6 is 23.4 Å². The molecule has 0 bridgehead atoms. The van der Waals surface area contributed by atoms with E-state index in [1.54, 1.807) is 45.2 Å². The molecule has 1 saturated heterocycles. The summed E-state index contributed by atoms with van der Waals surface area (Å²) < 4.78 is 5.56. The van der Waals surface area contributed by atoms with Gasteiger partial charge in [-0.25, -0.2) is 14.8 Å². The highest BCUT2D eigenvalue weighted by molar-refractivity contribution is 8.13. The van der Waals surface area contributed by atoms with Crippen LogP contribution in [0.3, 0.4) is 0 Å². The van der Waals surface area contributed by atoms with Crippen molar-refractivity contribution in [2.75, 3.05) is 6.54 Å². The molecule has 1 fully saturated rings. The number of carbonyl (C=O) groups excluding carboxylic acids is 3. The third kappa shape index (κ3) is 7.44. The van der Waals surface area contributed by atoms with Crippen LogP contribution in [0.4, 0.5) is 9.59 Å². The quantitative estimate of drug-likeness (QED) is 0.229. The number of hydroxylamine groups is 2. The normalized spacial score (nSPS) is 18.3. The monoisotopic (exact) mass is 505 g/mol. The molecule has 2 heterocycles. The van der Waals surface area contributed by atoms with Gasteiger partial charge in [-0.1, -0.05) is 36.4 Å². The van der Waals surface area contributed by atoms with Gasteiger partial charge in [-0.05, 0) is 74.7 Å². The number of benzene rings is 1. The van der Waals surface area contributed by atoms with E-state index in [4.69, 9.17) is 21.2 Å². The molecule has 0 aliphatic carbocycles. The van der Waals surface area contributed by atoms with Gasteiger partial charge in [-0.15, -0.1) is 0 Å². The van der Waals surface area contributed by atoms with Crippen molar-refractivity contribution in [3.8, 4) is 0 Å². The molecule has 8 nitrogen and oxygen atoms in total. The highest BCUT2D eigenvalue weighted by atomic mass is 35.5. The zero-order chi connectivity index (χ0) is 24.7. The molecule has 0 spiro atoms. The molecule has 0 unspecified atom stereocenters. The predicted octanol–water partition coefficient (Wildman–Crippen LogP) is 5.26. The summed E-state index contributed by atoms with van der Waals surface area (Å²) in [4.78, 5) is 49.6. The Kier molecular flexibility index (Phi) is 8.93. The SMILES string of the molecule is CC(C)(C)OC(=O)N1C[C@H](N(OCc2ccccc2)C(=O)Cl)CC[C@H]1C(=O)Sc1ccccn1. The molecular formula is C24H28ClN3O5S. The molecule has 182 valence electrons. The molecule has 34 heavy (non-hydrogen) atoms. The molecule has 1 aromatic carbocycles. The van der Waals surface area contributed by atoms with Gasteiger partial charge < -0.3 is 4.74 Å². The van der Waals surface area contributed by atoms with Crippen molar-refractivity contribution < 1.29 is 24.0 Å². The number of carbonyl (C=O) groups is 3. The minimum Gasteiger partial charge on any atom is -0.444 e. The molecule has 10 heteroatoms. The molecule has 2 atom stereocenters. The van der Waals surface area contributed by atoms with Gasteiger partial charge in [-0.3, -0.25) is 19.3 Å². The van der Waals surface area contributed by atoms with Crippen LogP contribution in [0.1, 0.15) is 39.2 Å². The van der Waals surface area contributed by atoms with Crippen LogP contribution in [-0.2, 0) is 21.0 Å². The first kappa shape index (κ1) is 26.0. The molecule has 1 aliphatic rings. The van der Waals surface area contributed by atoms with Crippen LogP contribution in [0.25, 0.3) is 0 Å². The third-order valence-electron chi connectivity index (χ3n) is 5.02. The summed E-state index contributed by atoms with van der Waals surface area (Å²) in [5, 5.41) is 0.607. The Labute approximate surface area is 208 Å².